The zero-order valence-electron chi connectivity index (χ0n) is 11.1. The predicted molar refractivity (Wildman–Crippen MR) is 71.9 cm³/mol. The van der Waals surface area contributed by atoms with Crippen molar-refractivity contribution in [2.75, 3.05) is 6.61 Å². The molecule has 0 fully saturated rings. The number of amides is 1. The molecule has 4 nitrogen and oxygen atoms in total. The molecule has 0 aliphatic carbocycles. The van der Waals surface area contributed by atoms with E-state index in [2.05, 4.69) is 5.32 Å². The van der Waals surface area contributed by atoms with E-state index in [-0.39, 0.29) is 18.6 Å². The van der Waals surface area contributed by atoms with Crippen LogP contribution in [0.2, 0.25) is 0 Å². The molecular weight excluding hydrogens is 242 g/mol. The second-order valence-electron chi connectivity index (χ2n) is 4.34. The highest BCUT2D eigenvalue weighted by Crippen LogP contribution is 2.15. The molecule has 1 unspecified atom stereocenters. The number of hydrogen-bond donors (Lipinski definition) is 1. The zero-order chi connectivity index (χ0) is 13.7. The maximum absolute atomic E-state index is 11.7. The van der Waals surface area contributed by atoms with Crippen LogP contribution in [-0.2, 0) is 4.79 Å². The van der Waals surface area contributed by atoms with Gasteiger partial charge in [0.05, 0.1) is 6.04 Å². The van der Waals surface area contributed by atoms with Gasteiger partial charge in [0.15, 0.2) is 6.61 Å². The molecule has 0 radical (unpaired) electrons. The van der Waals surface area contributed by atoms with Gasteiger partial charge in [0, 0.05) is 0 Å². The van der Waals surface area contributed by atoms with Gasteiger partial charge in [-0.2, -0.15) is 0 Å². The first-order valence-corrected chi connectivity index (χ1v) is 6.18. The van der Waals surface area contributed by atoms with Crippen LogP contribution in [0.1, 0.15) is 24.5 Å². The molecule has 1 atom stereocenters. The van der Waals surface area contributed by atoms with E-state index in [1.54, 1.807) is 0 Å². The van der Waals surface area contributed by atoms with Gasteiger partial charge in [-0.05, 0) is 38.1 Å². The van der Waals surface area contributed by atoms with E-state index in [1.807, 2.05) is 56.3 Å². The fraction of sp³-hybridized carbons (Fsp3) is 0.267. The van der Waals surface area contributed by atoms with Crippen molar-refractivity contribution in [2.45, 2.75) is 19.9 Å². The van der Waals surface area contributed by atoms with Crippen LogP contribution in [0.4, 0.5) is 0 Å². The summed E-state index contributed by atoms with van der Waals surface area (Å²) in [5, 5.41) is 2.82. The van der Waals surface area contributed by atoms with E-state index in [0.29, 0.717) is 5.75 Å². The average molecular weight is 259 g/mol. The maximum atomic E-state index is 11.7. The standard InChI is InChI=1S/C15H17NO3/c1-11-8-9-14(19-11)12(2)16-15(17)10-18-13-6-4-3-5-7-13/h3-9,12H,10H2,1-2H3,(H,16,17). The molecule has 0 bridgehead atoms. The summed E-state index contributed by atoms with van der Waals surface area (Å²) in [4.78, 5) is 11.7. The minimum absolute atomic E-state index is 0.00591. The Morgan fingerprint density at radius 3 is 2.63 bits per heavy atom. The van der Waals surface area contributed by atoms with Crippen LogP contribution >= 0.6 is 0 Å². The quantitative estimate of drug-likeness (QED) is 0.898. The number of aryl methyl sites for hydroxylation is 1. The van der Waals surface area contributed by atoms with Crippen molar-refractivity contribution >= 4 is 5.91 Å². The van der Waals surface area contributed by atoms with E-state index >= 15 is 0 Å². The highest BCUT2D eigenvalue weighted by molar-refractivity contribution is 5.77. The van der Waals surface area contributed by atoms with Gasteiger partial charge in [-0.1, -0.05) is 18.2 Å². The first kappa shape index (κ1) is 13.2. The fourth-order valence-electron chi connectivity index (χ4n) is 1.71. The molecule has 2 rings (SSSR count). The van der Waals surface area contributed by atoms with Gasteiger partial charge >= 0.3 is 0 Å². The molecular formula is C15H17NO3. The molecule has 0 saturated heterocycles. The van der Waals surface area contributed by atoms with Crippen molar-refractivity contribution in [1.82, 2.24) is 5.32 Å². The molecule has 0 saturated carbocycles. The second kappa shape index (κ2) is 6.09. The van der Waals surface area contributed by atoms with Crippen LogP contribution in [-0.4, -0.2) is 12.5 Å². The number of para-hydroxylation sites is 1. The normalized spacial score (nSPS) is 11.9. The lowest BCUT2D eigenvalue weighted by atomic mass is 10.2. The Labute approximate surface area is 112 Å². The fourth-order valence-corrected chi connectivity index (χ4v) is 1.71. The van der Waals surface area contributed by atoms with Crippen LogP contribution in [0, 0.1) is 6.92 Å². The molecule has 4 heteroatoms. The maximum Gasteiger partial charge on any atom is 0.258 e. The van der Waals surface area contributed by atoms with Crippen LogP contribution in [0.5, 0.6) is 5.75 Å². The Balaban J connectivity index is 1.81. The monoisotopic (exact) mass is 259 g/mol. The van der Waals surface area contributed by atoms with E-state index in [4.69, 9.17) is 9.15 Å². The van der Waals surface area contributed by atoms with Crippen molar-refractivity contribution in [1.29, 1.82) is 0 Å². The number of benzene rings is 1. The Morgan fingerprint density at radius 2 is 2.00 bits per heavy atom. The second-order valence-corrected chi connectivity index (χ2v) is 4.34. The zero-order valence-corrected chi connectivity index (χ0v) is 11.1. The van der Waals surface area contributed by atoms with Crippen LogP contribution in [0.25, 0.3) is 0 Å². The van der Waals surface area contributed by atoms with E-state index in [0.717, 1.165) is 11.5 Å². The summed E-state index contributed by atoms with van der Waals surface area (Å²) < 4.78 is 10.8. The van der Waals surface area contributed by atoms with Crippen molar-refractivity contribution in [3.63, 3.8) is 0 Å². The van der Waals surface area contributed by atoms with Crippen molar-refractivity contribution in [3.8, 4) is 5.75 Å². The van der Waals surface area contributed by atoms with Gasteiger partial charge in [-0.25, -0.2) is 0 Å². The van der Waals surface area contributed by atoms with Gasteiger partial charge < -0.3 is 14.5 Å². The van der Waals surface area contributed by atoms with Crippen molar-refractivity contribution in [2.24, 2.45) is 0 Å². The van der Waals surface area contributed by atoms with Crippen LogP contribution in [0.15, 0.2) is 46.9 Å². The number of nitrogens with one attached hydrogen (secondary N) is 1. The predicted octanol–water partition coefficient (Wildman–Crippen LogP) is 2.84. The molecule has 1 heterocycles. The Hall–Kier alpha value is -2.23. The molecule has 19 heavy (non-hydrogen) atoms. The number of carbonyl (C=O) groups is 1. The number of rotatable bonds is 5. The third-order valence-corrected chi connectivity index (χ3v) is 2.68. The molecule has 0 aliphatic heterocycles. The Morgan fingerprint density at radius 1 is 1.26 bits per heavy atom. The van der Waals surface area contributed by atoms with Gasteiger partial charge in [-0.15, -0.1) is 0 Å². The number of ether oxygens (including phenoxy) is 1. The summed E-state index contributed by atoms with van der Waals surface area (Å²) in [7, 11) is 0. The minimum atomic E-state index is -0.176. The van der Waals surface area contributed by atoms with Gasteiger partial charge in [0.2, 0.25) is 0 Å². The summed E-state index contributed by atoms with van der Waals surface area (Å²) in [6, 6.07) is 12.8. The van der Waals surface area contributed by atoms with Crippen LogP contribution < -0.4 is 10.1 Å². The smallest absolute Gasteiger partial charge is 0.258 e. The topological polar surface area (TPSA) is 51.5 Å². The Bertz CT molecular complexity index is 533. The molecule has 1 N–H and O–H groups in total. The van der Waals surface area contributed by atoms with Crippen LogP contribution in [0.3, 0.4) is 0 Å². The first-order chi connectivity index (χ1) is 9.15. The molecule has 0 aliphatic rings. The third-order valence-electron chi connectivity index (χ3n) is 2.68. The summed E-state index contributed by atoms with van der Waals surface area (Å²) in [5.74, 6) is 2.08. The van der Waals surface area contributed by atoms with Crippen molar-refractivity contribution < 1.29 is 13.9 Å². The lowest BCUT2D eigenvalue weighted by Crippen LogP contribution is -2.31. The SMILES string of the molecule is Cc1ccc(C(C)NC(=O)COc2ccccc2)o1. The lowest BCUT2D eigenvalue weighted by molar-refractivity contribution is -0.123. The molecule has 1 amide bonds. The number of hydrogen-bond acceptors (Lipinski definition) is 3. The Kier molecular flexibility index (Phi) is 4.23. The largest absolute Gasteiger partial charge is 0.484 e. The summed E-state index contributed by atoms with van der Waals surface area (Å²) >= 11 is 0. The minimum Gasteiger partial charge on any atom is -0.484 e. The summed E-state index contributed by atoms with van der Waals surface area (Å²) in [6.07, 6.45) is 0. The van der Waals surface area contributed by atoms with Crippen molar-refractivity contribution in [3.05, 3.63) is 54.0 Å². The van der Waals surface area contributed by atoms with E-state index < -0.39 is 0 Å². The molecule has 100 valence electrons. The van der Waals surface area contributed by atoms with Gasteiger partial charge in [0.1, 0.15) is 17.3 Å². The third kappa shape index (κ3) is 3.88. The first-order valence-electron chi connectivity index (χ1n) is 6.18. The summed E-state index contributed by atoms with van der Waals surface area (Å²) in [6.45, 7) is 3.74. The lowest BCUT2D eigenvalue weighted by Gasteiger charge is -2.12. The highest BCUT2D eigenvalue weighted by Gasteiger charge is 2.12. The molecule has 0 spiro atoms. The van der Waals surface area contributed by atoms with Gasteiger partial charge in [0.25, 0.3) is 5.91 Å². The summed E-state index contributed by atoms with van der Waals surface area (Å²) in [5.41, 5.74) is 0. The number of furan rings is 1. The molecule has 2 aromatic rings. The van der Waals surface area contributed by atoms with Gasteiger partial charge in [-0.3, -0.25) is 4.79 Å². The van der Waals surface area contributed by atoms with E-state index in [1.165, 1.54) is 0 Å². The number of carbonyl (C=O) groups excluding carboxylic acids is 1. The average Bonchev–Trinajstić information content (AvgIpc) is 2.84. The molecule has 1 aromatic carbocycles. The van der Waals surface area contributed by atoms with E-state index in [9.17, 15) is 4.79 Å². The molecule has 1 aromatic heterocycles. The highest BCUT2D eigenvalue weighted by atomic mass is 16.5.